The van der Waals surface area contributed by atoms with Gasteiger partial charge in [-0.05, 0) is 31.6 Å². The first-order valence-corrected chi connectivity index (χ1v) is 5.69. The molecule has 0 radical (unpaired) electrons. The lowest BCUT2D eigenvalue weighted by molar-refractivity contribution is -0.124. The second kappa shape index (κ2) is 4.77. The molecular formula is C13H22O. The van der Waals surface area contributed by atoms with Crippen molar-refractivity contribution in [3.05, 3.63) is 12.2 Å². The minimum Gasteiger partial charge on any atom is -0.299 e. The van der Waals surface area contributed by atoms with Gasteiger partial charge in [-0.15, -0.1) is 0 Å². The zero-order valence-corrected chi connectivity index (χ0v) is 9.68. The van der Waals surface area contributed by atoms with Gasteiger partial charge in [0.1, 0.15) is 5.78 Å². The monoisotopic (exact) mass is 194 g/mol. The second-order valence-electron chi connectivity index (χ2n) is 5.20. The number of Topliss-reactive ketones (excluding diaryl/α,β-unsaturated/α-hetero) is 1. The molecule has 1 aliphatic rings. The van der Waals surface area contributed by atoms with E-state index in [1.54, 1.807) is 0 Å². The molecule has 0 N–H and O–H groups in total. The molecule has 0 aromatic carbocycles. The van der Waals surface area contributed by atoms with Gasteiger partial charge in [-0.2, -0.15) is 0 Å². The standard InChI is InChI=1S/C13H22O/c1-4-5-8-12(14)11-7-6-9-13(2,3)10-11/h4-5,11H,6-10H2,1-3H3/b5-4-. The molecular weight excluding hydrogens is 172 g/mol. The smallest absolute Gasteiger partial charge is 0.139 e. The fourth-order valence-corrected chi connectivity index (χ4v) is 2.37. The highest BCUT2D eigenvalue weighted by molar-refractivity contribution is 5.82. The van der Waals surface area contributed by atoms with Crippen LogP contribution in [-0.4, -0.2) is 5.78 Å². The van der Waals surface area contributed by atoms with Gasteiger partial charge in [0.2, 0.25) is 0 Å². The van der Waals surface area contributed by atoms with Gasteiger partial charge in [-0.1, -0.05) is 32.4 Å². The van der Waals surface area contributed by atoms with E-state index in [0.717, 1.165) is 12.8 Å². The molecule has 0 saturated heterocycles. The number of hydrogen-bond acceptors (Lipinski definition) is 1. The third kappa shape index (κ3) is 3.28. The molecule has 1 fully saturated rings. The summed E-state index contributed by atoms with van der Waals surface area (Å²) in [6, 6.07) is 0. The first-order chi connectivity index (χ1) is 6.55. The van der Waals surface area contributed by atoms with Crippen molar-refractivity contribution in [2.45, 2.75) is 52.9 Å². The Labute approximate surface area is 87.6 Å². The number of carbonyl (C=O) groups excluding carboxylic acids is 1. The molecule has 0 amide bonds. The molecule has 0 aliphatic heterocycles. The molecule has 1 aliphatic carbocycles. The fraction of sp³-hybridized carbons (Fsp3) is 0.769. The lowest BCUT2D eigenvalue weighted by Gasteiger charge is -2.34. The van der Waals surface area contributed by atoms with Crippen LogP contribution in [-0.2, 0) is 4.79 Å². The average molecular weight is 194 g/mol. The van der Waals surface area contributed by atoms with E-state index in [-0.39, 0.29) is 0 Å². The van der Waals surface area contributed by atoms with Crippen molar-refractivity contribution in [1.82, 2.24) is 0 Å². The van der Waals surface area contributed by atoms with Crippen LogP contribution in [0.2, 0.25) is 0 Å². The first-order valence-electron chi connectivity index (χ1n) is 5.69. The average Bonchev–Trinajstić information content (AvgIpc) is 2.12. The van der Waals surface area contributed by atoms with E-state index in [2.05, 4.69) is 13.8 Å². The van der Waals surface area contributed by atoms with Crippen LogP contribution in [0, 0.1) is 11.3 Å². The minimum atomic E-state index is 0.329. The van der Waals surface area contributed by atoms with E-state index in [9.17, 15) is 4.79 Å². The van der Waals surface area contributed by atoms with Gasteiger partial charge in [0, 0.05) is 12.3 Å². The van der Waals surface area contributed by atoms with Crippen molar-refractivity contribution in [2.75, 3.05) is 0 Å². The summed E-state index contributed by atoms with van der Waals surface area (Å²) in [5.41, 5.74) is 0.383. The highest BCUT2D eigenvalue weighted by atomic mass is 16.1. The van der Waals surface area contributed by atoms with Gasteiger partial charge in [0.05, 0.1) is 0 Å². The van der Waals surface area contributed by atoms with E-state index >= 15 is 0 Å². The Hall–Kier alpha value is -0.590. The molecule has 1 nitrogen and oxygen atoms in total. The maximum Gasteiger partial charge on any atom is 0.139 e. The van der Waals surface area contributed by atoms with Crippen molar-refractivity contribution in [1.29, 1.82) is 0 Å². The third-order valence-corrected chi connectivity index (χ3v) is 3.22. The Morgan fingerprint density at radius 2 is 2.21 bits per heavy atom. The molecule has 1 heteroatoms. The van der Waals surface area contributed by atoms with Crippen LogP contribution in [0.15, 0.2) is 12.2 Å². The summed E-state index contributed by atoms with van der Waals surface area (Å²) < 4.78 is 0. The van der Waals surface area contributed by atoms with Gasteiger partial charge < -0.3 is 0 Å². The summed E-state index contributed by atoms with van der Waals surface area (Å²) in [4.78, 5) is 11.8. The predicted octanol–water partition coefficient (Wildman–Crippen LogP) is 3.74. The van der Waals surface area contributed by atoms with Gasteiger partial charge in [0.15, 0.2) is 0 Å². The van der Waals surface area contributed by atoms with Crippen molar-refractivity contribution in [3.8, 4) is 0 Å². The highest BCUT2D eigenvalue weighted by Gasteiger charge is 2.30. The second-order valence-corrected chi connectivity index (χ2v) is 5.20. The molecule has 80 valence electrons. The predicted molar refractivity (Wildman–Crippen MR) is 60.2 cm³/mol. The Bertz CT molecular complexity index is 225. The largest absolute Gasteiger partial charge is 0.299 e. The van der Waals surface area contributed by atoms with Crippen LogP contribution in [0.4, 0.5) is 0 Å². The summed E-state index contributed by atoms with van der Waals surface area (Å²) >= 11 is 0. The van der Waals surface area contributed by atoms with E-state index in [1.165, 1.54) is 12.8 Å². The summed E-state index contributed by atoms with van der Waals surface area (Å²) in [6.07, 6.45) is 9.27. The van der Waals surface area contributed by atoms with Crippen LogP contribution < -0.4 is 0 Å². The maximum atomic E-state index is 11.8. The van der Waals surface area contributed by atoms with Gasteiger partial charge >= 0.3 is 0 Å². The molecule has 1 rings (SSSR count). The van der Waals surface area contributed by atoms with Gasteiger partial charge in [-0.25, -0.2) is 0 Å². The van der Waals surface area contributed by atoms with Crippen LogP contribution in [0.5, 0.6) is 0 Å². The lowest BCUT2D eigenvalue weighted by atomic mass is 9.70. The molecule has 0 aromatic heterocycles. The summed E-state index contributed by atoms with van der Waals surface area (Å²) in [6.45, 7) is 6.53. The molecule has 0 spiro atoms. The number of rotatable bonds is 3. The Morgan fingerprint density at radius 3 is 2.79 bits per heavy atom. The van der Waals surface area contributed by atoms with E-state index < -0.39 is 0 Å². The number of hydrogen-bond donors (Lipinski definition) is 0. The summed E-state index contributed by atoms with van der Waals surface area (Å²) in [5, 5.41) is 0. The van der Waals surface area contributed by atoms with Crippen LogP contribution in [0.25, 0.3) is 0 Å². The molecule has 1 atom stereocenters. The minimum absolute atomic E-state index is 0.329. The van der Waals surface area contributed by atoms with Gasteiger partial charge in [0.25, 0.3) is 0 Å². The fourth-order valence-electron chi connectivity index (χ4n) is 2.37. The lowest BCUT2D eigenvalue weighted by Crippen LogP contribution is -2.27. The molecule has 1 saturated carbocycles. The molecule has 14 heavy (non-hydrogen) atoms. The Morgan fingerprint density at radius 1 is 1.50 bits per heavy atom. The number of carbonyl (C=O) groups is 1. The topological polar surface area (TPSA) is 17.1 Å². The first kappa shape index (κ1) is 11.5. The Balaban J connectivity index is 2.47. The normalized spacial score (nSPS) is 26.6. The molecule has 1 unspecified atom stereocenters. The summed E-state index contributed by atoms with van der Waals surface area (Å²) in [7, 11) is 0. The zero-order valence-electron chi connectivity index (χ0n) is 9.68. The highest BCUT2D eigenvalue weighted by Crippen LogP contribution is 2.39. The number of ketones is 1. The van der Waals surface area contributed by atoms with E-state index in [0.29, 0.717) is 23.5 Å². The quantitative estimate of drug-likeness (QED) is 0.625. The van der Waals surface area contributed by atoms with Crippen molar-refractivity contribution in [3.63, 3.8) is 0 Å². The van der Waals surface area contributed by atoms with Crippen molar-refractivity contribution < 1.29 is 4.79 Å². The van der Waals surface area contributed by atoms with E-state index in [1.807, 2.05) is 19.1 Å². The van der Waals surface area contributed by atoms with Crippen LogP contribution in [0.3, 0.4) is 0 Å². The van der Waals surface area contributed by atoms with Crippen LogP contribution in [0.1, 0.15) is 52.9 Å². The number of allylic oxidation sites excluding steroid dienone is 2. The maximum absolute atomic E-state index is 11.8. The summed E-state index contributed by atoms with van der Waals surface area (Å²) in [5.74, 6) is 0.769. The van der Waals surface area contributed by atoms with E-state index in [4.69, 9.17) is 0 Å². The zero-order chi connectivity index (χ0) is 10.6. The molecule has 0 bridgehead atoms. The van der Waals surface area contributed by atoms with Crippen LogP contribution >= 0.6 is 0 Å². The molecule has 0 aromatic rings. The Kier molecular flexibility index (Phi) is 3.91. The SMILES string of the molecule is C/C=C\CC(=O)C1CCCC(C)(C)C1. The molecule has 0 heterocycles. The van der Waals surface area contributed by atoms with Crippen molar-refractivity contribution >= 4 is 5.78 Å². The third-order valence-electron chi connectivity index (χ3n) is 3.22. The van der Waals surface area contributed by atoms with Gasteiger partial charge in [-0.3, -0.25) is 4.79 Å². The van der Waals surface area contributed by atoms with Crippen molar-refractivity contribution in [2.24, 2.45) is 11.3 Å².